The van der Waals surface area contributed by atoms with Crippen LogP contribution in [-0.4, -0.2) is 13.4 Å². The molecule has 0 fully saturated rings. The number of benzene rings is 1. The maximum absolute atomic E-state index is 13.0. The summed E-state index contributed by atoms with van der Waals surface area (Å²) in [5, 5.41) is 0. The summed E-state index contributed by atoms with van der Waals surface area (Å²) in [6.45, 7) is 0.487. The number of nitrogens with two attached hydrogens (primary N) is 1. The van der Waals surface area contributed by atoms with Gasteiger partial charge >= 0.3 is 0 Å². The molecule has 2 rings (SSSR count). The molecule has 5 nitrogen and oxygen atoms in total. The van der Waals surface area contributed by atoms with Gasteiger partial charge in [0, 0.05) is 19.3 Å². The van der Waals surface area contributed by atoms with Crippen molar-refractivity contribution in [2.24, 2.45) is 5.73 Å². The van der Waals surface area contributed by atoms with Crippen molar-refractivity contribution in [2.45, 2.75) is 18.0 Å². The largest absolute Gasteiger partial charge is 0.326 e. The molecule has 7 heteroatoms. The van der Waals surface area contributed by atoms with Crippen molar-refractivity contribution in [1.29, 1.82) is 0 Å². The molecule has 2 aromatic rings. The van der Waals surface area contributed by atoms with E-state index in [1.165, 1.54) is 0 Å². The number of sulfonamides is 1. The Bertz CT molecular complexity index is 704. The third-order valence-corrected chi connectivity index (χ3v) is 4.05. The van der Waals surface area contributed by atoms with E-state index in [1.807, 2.05) is 12.1 Å². The van der Waals surface area contributed by atoms with E-state index >= 15 is 0 Å². The summed E-state index contributed by atoms with van der Waals surface area (Å²) >= 11 is 0. The summed E-state index contributed by atoms with van der Waals surface area (Å²) in [6.07, 6.45) is 2.05. The molecule has 0 saturated carbocycles. The fourth-order valence-corrected chi connectivity index (χ4v) is 2.66. The lowest BCUT2D eigenvalue weighted by Gasteiger charge is -2.07. The zero-order valence-electron chi connectivity index (χ0n) is 10.6. The first-order chi connectivity index (χ1) is 9.51. The predicted octanol–water partition coefficient (Wildman–Crippen LogP) is 1.16. The van der Waals surface area contributed by atoms with Gasteiger partial charge in [-0.25, -0.2) is 17.5 Å². The number of rotatable bonds is 5. The number of pyridine rings is 1. The lowest BCUT2D eigenvalue weighted by molar-refractivity contribution is 0.575. The number of aromatic nitrogens is 1. The Balaban J connectivity index is 2.13. The Morgan fingerprint density at radius 3 is 2.65 bits per heavy atom. The van der Waals surface area contributed by atoms with Crippen LogP contribution in [0.1, 0.15) is 11.1 Å². The number of hydrogen-bond donors (Lipinski definition) is 2. The van der Waals surface area contributed by atoms with Crippen molar-refractivity contribution >= 4 is 10.0 Å². The van der Waals surface area contributed by atoms with E-state index in [4.69, 9.17) is 5.73 Å². The average Bonchev–Trinajstić information content (AvgIpc) is 2.45. The molecular weight excluding hydrogens is 281 g/mol. The average molecular weight is 295 g/mol. The van der Waals surface area contributed by atoms with Gasteiger partial charge in [-0.1, -0.05) is 24.3 Å². The van der Waals surface area contributed by atoms with Crippen LogP contribution in [0.25, 0.3) is 0 Å². The van der Waals surface area contributed by atoms with Gasteiger partial charge in [0.2, 0.25) is 10.0 Å². The lowest BCUT2D eigenvalue weighted by atomic mass is 10.1. The monoisotopic (exact) mass is 295 g/mol. The van der Waals surface area contributed by atoms with Gasteiger partial charge in [-0.3, -0.25) is 4.98 Å². The quantitative estimate of drug-likeness (QED) is 0.866. The number of hydrogen-bond acceptors (Lipinski definition) is 4. The maximum Gasteiger partial charge on any atom is 0.242 e. The fraction of sp³-hybridized carbons (Fsp3) is 0.154. The van der Waals surface area contributed by atoms with E-state index in [1.54, 1.807) is 12.1 Å². The molecule has 3 N–H and O–H groups in total. The Labute approximate surface area is 116 Å². The number of nitrogens with one attached hydrogen (secondary N) is 1. The molecule has 1 heterocycles. The molecule has 106 valence electrons. The predicted molar refractivity (Wildman–Crippen MR) is 72.6 cm³/mol. The minimum atomic E-state index is -3.78. The van der Waals surface area contributed by atoms with Gasteiger partial charge in [-0.2, -0.15) is 0 Å². The molecule has 0 saturated heterocycles. The van der Waals surface area contributed by atoms with Crippen molar-refractivity contribution in [1.82, 2.24) is 9.71 Å². The molecule has 1 aromatic carbocycles. The molecule has 0 atom stereocenters. The third-order valence-electron chi connectivity index (χ3n) is 2.68. The summed E-state index contributed by atoms with van der Waals surface area (Å²) in [5.41, 5.74) is 7.21. The Morgan fingerprint density at radius 1 is 1.20 bits per heavy atom. The fourth-order valence-electron chi connectivity index (χ4n) is 1.67. The lowest BCUT2D eigenvalue weighted by Crippen LogP contribution is -2.23. The maximum atomic E-state index is 13.0. The van der Waals surface area contributed by atoms with Gasteiger partial charge in [0.15, 0.2) is 0 Å². The first kappa shape index (κ1) is 14.6. The van der Waals surface area contributed by atoms with Crippen LogP contribution in [0, 0.1) is 5.82 Å². The molecule has 0 amide bonds. The van der Waals surface area contributed by atoms with Gasteiger partial charge in [0.05, 0.1) is 6.20 Å². The van der Waals surface area contributed by atoms with E-state index < -0.39 is 15.8 Å². The van der Waals surface area contributed by atoms with Gasteiger partial charge < -0.3 is 5.73 Å². The van der Waals surface area contributed by atoms with Crippen LogP contribution < -0.4 is 10.5 Å². The standard InChI is InChI=1S/C13H14FN3O2S/c14-12-5-13(9-16-8-12)20(18,19)17-7-11-3-1-2-10(4-11)6-15/h1-5,8-9,17H,6-7,15H2. The van der Waals surface area contributed by atoms with Crippen LogP contribution >= 0.6 is 0 Å². The molecule has 0 unspecified atom stereocenters. The van der Waals surface area contributed by atoms with Crippen molar-refractivity contribution in [3.8, 4) is 0 Å². The van der Waals surface area contributed by atoms with Crippen LogP contribution in [0.5, 0.6) is 0 Å². The molecule has 20 heavy (non-hydrogen) atoms. The zero-order chi connectivity index (χ0) is 14.6. The molecule has 0 radical (unpaired) electrons. The van der Waals surface area contributed by atoms with Crippen molar-refractivity contribution < 1.29 is 12.8 Å². The van der Waals surface area contributed by atoms with Crippen molar-refractivity contribution in [3.63, 3.8) is 0 Å². The second-order valence-electron chi connectivity index (χ2n) is 4.19. The summed E-state index contributed by atoms with van der Waals surface area (Å²) in [4.78, 5) is 3.32. The molecule has 0 aliphatic carbocycles. The van der Waals surface area contributed by atoms with E-state index in [9.17, 15) is 12.8 Å². The smallest absolute Gasteiger partial charge is 0.242 e. The van der Waals surface area contributed by atoms with Gasteiger partial charge in [-0.05, 0) is 17.2 Å². The van der Waals surface area contributed by atoms with Gasteiger partial charge in [0.1, 0.15) is 10.7 Å². The third kappa shape index (κ3) is 3.60. The number of halogens is 1. The second kappa shape index (κ2) is 6.08. The molecule has 0 aliphatic rings. The topological polar surface area (TPSA) is 85.1 Å². The zero-order valence-corrected chi connectivity index (χ0v) is 11.4. The van der Waals surface area contributed by atoms with Crippen molar-refractivity contribution in [2.75, 3.05) is 0 Å². The molecular formula is C13H14FN3O2S. The summed E-state index contributed by atoms with van der Waals surface area (Å²) in [7, 11) is -3.78. The summed E-state index contributed by atoms with van der Waals surface area (Å²) in [6, 6.07) is 8.17. The van der Waals surface area contributed by atoms with E-state index in [0.29, 0.717) is 6.54 Å². The van der Waals surface area contributed by atoms with Crippen LogP contribution in [0.3, 0.4) is 0 Å². The van der Waals surface area contributed by atoms with Gasteiger partial charge in [-0.15, -0.1) is 0 Å². The summed E-state index contributed by atoms with van der Waals surface area (Å²) < 4.78 is 39.3. The minimum absolute atomic E-state index is 0.104. The Morgan fingerprint density at radius 2 is 1.95 bits per heavy atom. The van der Waals surface area contributed by atoms with E-state index in [0.717, 1.165) is 29.6 Å². The van der Waals surface area contributed by atoms with Crippen molar-refractivity contribution in [3.05, 3.63) is 59.7 Å². The Kier molecular flexibility index (Phi) is 4.43. The minimum Gasteiger partial charge on any atom is -0.326 e. The van der Waals surface area contributed by atoms with E-state index in [2.05, 4.69) is 9.71 Å². The van der Waals surface area contributed by atoms with Gasteiger partial charge in [0.25, 0.3) is 0 Å². The van der Waals surface area contributed by atoms with Crippen LogP contribution in [0.4, 0.5) is 4.39 Å². The normalized spacial score (nSPS) is 11.5. The van der Waals surface area contributed by atoms with Crippen LogP contribution in [0.15, 0.2) is 47.6 Å². The number of nitrogens with zero attached hydrogens (tertiary/aromatic N) is 1. The highest BCUT2D eigenvalue weighted by atomic mass is 32.2. The molecule has 1 aromatic heterocycles. The highest BCUT2D eigenvalue weighted by Crippen LogP contribution is 2.10. The summed E-state index contributed by atoms with van der Waals surface area (Å²) in [5.74, 6) is -0.696. The highest BCUT2D eigenvalue weighted by Gasteiger charge is 2.14. The molecule has 0 spiro atoms. The molecule has 0 bridgehead atoms. The first-order valence-corrected chi connectivity index (χ1v) is 7.38. The first-order valence-electron chi connectivity index (χ1n) is 5.89. The SMILES string of the molecule is NCc1cccc(CNS(=O)(=O)c2cncc(F)c2)c1. The van der Waals surface area contributed by atoms with Crippen LogP contribution in [-0.2, 0) is 23.1 Å². The molecule has 0 aliphatic heterocycles. The highest BCUT2D eigenvalue weighted by molar-refractivity contribution is 7.89. The second-order valence-corrected chi connectivity index (χ2v) is 5.95. The van der Waals surface area contributed by atoms with Crippen LogP contribution in [0.2, 0.25) is 0 Å². The van der Waals surface area contributed by atoms with E-state index in [-0.39, 0.29) is 11.4 Å². The Hall–Kier alpha value is -1.83.